The minimum Gasteiger partial charge on any atom is -0.508 e. The number of hydrogen-bond acceptors (Lipinski definition) is 9. The van der Waals surface area contributed by atoms with Crippen molar-refractivity contribution in [1.82, 2.24) is 26.3 Å². The summed E-state index contributed by atoms with van der Waals surface area (Å²) in [5.41, 5.74) is 19.0. The molecule has 3 aromatic rings. The van der Waals surface area contributed by atoms with Gasteiger partial charge in [-0.2, -0.15) is 0 Å². The molecule has 13 N–H and O–H groups in total. The zero-order chi connectivity index (χ0) is 38.5. The van der Waals surface area contributed by atoms with Gasteiger partial charge in [0.05, 0.1) is 12.5 Å². The number of carbonyl (C=O) groups is 7. The average molecular weight is 723 g/mol. The molecule has 0 unspecified atom stereocenters. The summed E-state index contributed by atoms with van der Waals surface area (Å²) in [5.74, 6) is -6.88. The lowest BCUT2D eigenvalue weighted by Gasteiger charge is -2.26. The van der Waals surface area contributed by atoms with Gasteiger partial charge in [0.15, 0.2) is 0 Å². The number of H-pyrrole nitrogens is 1. The van der Waals surface area contributed by atoms with E-state index in [4.69, 9.17) is 17.2 Å². The van der Waals surface area contributed by atoms with Gasteiger partial charge in [-0.1, -0.05) is 44.2 Å². The number of carbonyl (C=O) groups excluding carboxylic acids is 6. The Morgan fingerprint density at radius 2 is 1.31 bits per heavy atom. The molecule has 52 heavy (non-hydrogen) atoms. The SMILES string of the molecule is CC(C)C[C@H](NC(=O)[C@H](CCC(N)=O)NC(=O)[C@H](CC(N)=O)NC(=O)[C@H](Cc1ccc(O)cc1)NC(=O)[C@@H](N)Cc1c[nH]c2ccccc12)C(=O)O. The normalized spacial score (nSPS) is 14.0. The van der Waals surface area contributed by atoms with Crippen LogP contribution >= 0.6 is 0 Å². The number of aliphatic carboxylic acids is 1. The highest BCUT2D eigenvalue weighted by Crippen LogP contribution is 2.19. The molecule has 17 heteroatoms. The molecule has 0 radical (unpaired) electrons. The summed E-state index contributed by atoms with van der Waals surface area (Å²) < 4.78 is 0. The van der Waals surface area contributed by atoms with Crippen LogP contribution < -0.4 is 38.5 Å². The number of phenolic OH excluding ortho intramolecular Hbond substituents is 1. The fraction of sp³-hybridized carbons (Fsp3) is 0.400. The number of aromatic amines is 1. The van der Waals surface area contributed by atoms with Crippen molar-refractivity contribution in [1.29, 1.82) is 0 Å². The van der Waals surface area contributed by atoms with Crippen LogP contribution in [0.25, 0.3) is 10.9 Å². The second kappa shape index (κ2) is 18.9. The lowest BCUT2D eigenvalue weighted by Crippen LogP contribution is -2.59. The van der Waals surface area contributed by atoms with E-state index in [2.05, 4.69) is 26.3 Å². The first-order valence-corrected chi connectivity index (χ1v) is 16.6. The molecule has 3 rings (SSSR count). The van der Waals surface area contributed by atoms with Crippen LogP contribution in [0.15, 0.2) is 54.7 Å². The van der Waals surface area contributed by atoms with Crippen LogP contribution in [0.2, 0.25) is 0 Å². The quantitative estimate of drug-likeness (QED) is 0.0692. The Balaban J connectivity index is 1.83. The molecular formula is C35H46N8O9. The minimum absolute atomic E-state index is 0.0402. The molecule has 280 valence electrons. The highest BCUT2D eigenvalue weighted by molar-refractivity contribution is 5.97. The first-order chi connectivity index (χ1) is 24.5. The van der Waals surface area contributed by atoms with Crippen molar-refractivity contribution in [3.05, 3.63) is 65.9 Å². The van der Waals surface area contributed by atoms with E-state index in [0.717, 1.165) is 16.5 Å². The number of phenols is 1. The van der Waals surface area contributed by atoms with E-state index in [1.165, 1.54) is 24.3 Å². The summed E-state index contributed by atoms with van der Waals surface area (Å²) >= 11 is 0. The fourth-order valence-electron chi connectivity index (χ4n) is 5.46. The van der Waals surface area contributed by atoms with Gasteiger partial charge in [0.25, 0.3) is 0 Å². The van der Waals surface area contributed by atoms with E-state index in [0.29, 0.717) is 5.56 Å². The number of carboxylic acid groups (broad SMARTS) is 1. The maximum atomic E-state index is 13.8. The molecule has 0 saturated carbocycles. The molecule has 0 aliphatic carbocycles. The van der Waals surface area contributed by atoms with Crippen LogP contribution in [0.5, 0.6) is 5.75 Å². The maximum Gasteiger partial charge on any atom is 0.326 e. The molecule has 0 aliphatic heterocycles. The molecule has 0 bridgehead atoms. The number of amides is 6. The zero-order valence-corrected chi connectivity index (χ0v) is 28.9. The molecular weight excluding hydrogens is 676 g/mol. The third-order valence-electron chi connectivity index (χ3n) is 8.13. The highest BCUT2D eigenvalue weighted by atomic mass is 16.4. The van der Waals surface area contributed by atoms with Crippen molar-refractivity contribution >= 4 is 52.3 Å². The molecule has 0 spiro atoms. The van der Waals surface area contributed by atoms with E-state index >= 15 is 0 Å². The molecule has 0 aliphatic rings. The zero-order valence-electron chi connectivity index (χ0n) is 28.9. The van der Waals surface area contributed by atoms with Gasteiger partial charge in [-0.15, -0.1) is 0 Å². The molecule has 17 nitrogen and oxygen atoms in total. The van der Waals surface area contributed by atoms with E-state index < -0.39 is 78.0 Å². The smallest absolute Gasteiger partial charge is 0.326 e. The number of primary amides is 2. The largest absolute Gasteiger partial charge is 0.508 e. The van der Waals surface area contributed by atoms with Crippen LogP contribution in [0.1, 0.15) is 50.7 Å². The lowest BCUT2D eigenvalue weighted by molar-refractivity contribution is -0.143. The predicted octanol–water partition coefficient (Wildman–Crippen LogP) is -0.803. The number of carboxylic acids is 1. The number of aromatic nitrogens is 1. The van der Waals surface area contributed by atoms with Crippen molar-refractivity contribution in [2.24, 2.45) is 23.1 Å². The van der Waals surface area contributed by atoms with Crippen LogP contribution in [0.4, 0.5) is 0 Å². The van der Waals surface area contributed by atoms with Gasteiger partial charge in [0, 0.05) is 29.9 Å². The molecule has 1 heterocycles. The summed E-state index contributed by atoms with van der Waals surface area (Å²) in [6.45, 7) is 3.50. The second-order valence-electron chi connectivity index (χ2n) is 12.9. The van der Waals surface area contributed by atoms with Gasteiger partial charge in [-0.3, -0.25) is 28.8 Å². The van der Waals surface area contributed by atoms with Crippen LogP contribution in [-0.2, 0) is 46.4 Å². The first-order valence-electron chi connectivity index (χ1n) is 16.6. The van der Waals surface area contributed by atoms with Gasteiger partial charge < -0.3 is 53.7 Å². The molecule has 6 amide bonds. The summed E-state index contributed by atoms with van der Waals surface area (Å²) in [5, 5.41) is 29.9. The van der Waals surface area contributed by atoms with Crippen molar-refractivity contribution in [2.75, 3.05) is 0 Å². The topological polar surface area (TPSA) is 302 Å². The Hall–Kier alpha value is -5.97. The predicted molar refractivity (Wildman–Crippen MR) is 189 cm³/mol. The van der Waals surface area contributed by atoms with Gasteiger partial charge in [0.1, 0.15) is 29.9 Å². The Morgan fingerprint density at radius 1 is 0.731 bits per heavy atom. The lowest BCUT2D eigenvalue weighted by atomic mass is 10.0. The van der Waals surface area contributed by atoms with Gasteiger partial charge in [-0.25, -0.2) is 4.79 Å². The van der Waals surface area contributed by atoms with Crippen molar-refractivity contribution in [3.8, 4) is 5.75 Å². The number of nitrogens with two attached hydrogens (primary N) is 3. The highest BCUT2D eigenvalue weighted by Gasteiger charge is 2.33. The Labute approximate surface area is 299 Å². The first kappa shape index (κ1) is 40.5. The van der Waals surface area contributed by atoms with Gasteiger partial charge in [-0.05, 0) is 54.5 Å². The number of fused-ring (bicyclic) bond motifs is 1. The monoisotopic (exact) mass is 722 g/mol. The Morgan fingerprint density at radius 3 is 1.92 bits per heavy atom. The van der Waals surface area contributed by atoms with Crippen molar-refractivity contribution < 1.29 is 43.8 Å². The van der Waals surface area contributed by atoms with E-state index in [-0.39, 0.29) is 43.8 Å². The van der Waals surface area contributed by atoms with E-state index in [9.17, 15) is 43.8 Å². The Bertz CT molecular complexity index is 1760. The molecule has 2 aromatic carbocycles. The van der Waals surface area contributed by atoms with E-state index in [1.54, 1.807) is 20.0 Å². The summed E-state index contributed by atoms with van der Waals surface area (Å²) in [6, 6.07) is 6.31. The number of nitrogens with one attached hydrogen (secondary N) is 5. The number of benzene rings is 2. The van der Waals surface area contributed by atoms with Gasteiger partial charge in [0.2, 0.25) is 35.4 Å². The minimum atomic E-state index is -1.67. The van der Waals surface area contributed by atoms with E-state index in [1.807, 2.05) is 24.3 Å². The van der Waals surface area contributed by atoms with Crippen molar-refractivity contribution in [3.63, 3.8) is 0 Å². The fourth-order valence-corrected chi connectivity index (χ4v) is 5.46. The summed E-state index contributed by atoms with van der Waals surface area (Å²) in [7, 11) is 0. The number of aromatic hydroxyl groups is 1. The number of hydrogen-bond donors (Lipinski definition) is 10. The maximum absolute atomic E-state index is 13.8. The number of para-hydroxylation sites is 1. The molecule has 0 saturated heterocycles. The van der Waals surface area contributed by atoms with Gasteiger partial charge >= 0.3 is 5.97 Å². The Kier molecular flexibility index (Phi) is 14.7. The molecule has 1 aromatic heterocycles. The second-order valence-corrected chi connectivity index (χ2v) is 12.9. The molecule has 5 atom stereocenters. The number of rotatable bonds is 20. The average Bonchev–Trinajstić information content (AvgIpc) is 3.48. The summed E-state index contributed by atoms with van der Waals surface area (Å²) in [4.78, 5) is 92.3. The summed E-state index contributed by atoms with van der Waals surface area (Å²) in [6.07, 6.45) is 0.362. The third-order valence-corrected chi connectivity index (χ3v) is 8.13. The third kappa shape index (κ3) is 12.4. The van der Waals surface area contributed by atoms with Crippen LogP contribution in [-0.4, -0.2) is 86.8 Å². The van der Waals surface area contributed by atoms with Crippen LogP contribution in [0, 0.1) is 5.92 Å². The van der Waals surface area contributed by atoms with Crippen molar-refractivity contribution in [2.45, 2.75) is 82.6 Å². The molecule has 0 fully saturated rings. The van der Waals surface area contributed by atoms with Crippen LogP contribution in [0.3, 0.4) is 0 Å². The standard InChI is InChI=1S/C35H46N8O9/c1-18(2)13-28(35(51)52)43-32(48)25(11-12-29(37)45)40-34(50)27(16-30(38)46)42-33(49)26(14-19-7-9-21(44)10-8-19)41-31(47)23(36)15-20-17-39-24-6-4-3-5-22(20)24/h3-10,17-18,23,25-28,39,44H,11-16,36H2,1-2H3,(H2,37,45)(H2,38,46)(H,40,50)(H,41,47)(H,42,49)(H,43,48)(H,51,52)/t23-,25-,26-,27-,28-/m0/s1.